The number of nitrogen functional groups attached to an aromatic ring is 1. The Morgan fingerprint density at radius 2 is 2.00 bits per heavy atom. The molecule has 0 spiro atoms. The lowest BCUT2D eigenvalue weighted by Crippen LogP contribution is -2.31. The number of nitrogens with zero attached hydrogens (tertiary/aromatic N) is 3. The molecule has 6 nitrogen and oxygen atoms in total. The lowest BCUT2D eigenvalue weighted by Gasteiger charge is -2.20. The van der Waals surface area contributed by atoms with Crippen LogP contribution in [0.1, 0.15) is 44.3 Å². The molecule has 2 fully saturated rings. The fraction of sp³-hybridized carbons (Fsp3) is 0.714. The van der Waals surface area contributed by atoms with Crippen LogP contribution in [-0.2, 0) is 0 Å². The maximum atomic E-state index is 5.48. The van der Waals surface area contributed by atoms with Crippen molar-refractivity contribution in [1.82, 2.24) is 14.9 Å². The summed E-state index contributed by atoms with van der Waals surface area (Å²) < 4.78 is 0. The summed E-state index contributed by atoms with van der Waals surface area (Å²) in [7, 11) is 0. The Morgan fingerprint density at radius 1 is 1.25 bits per heavy atom. The average Bonchev–Trinajstić information content (AvgIpc) is 3.34. The minimum absolute atomic E-state index is 0.530. The van der Waals surface area contributed by atoms with Crippen LogP contribution >= 0.6 is 0 Å². The van der Waals surface area contributed by atoms with Crippen molar-refractivity contribution in [3.05, 3.63) is 11.9 Å². The van der Waals surface area contributed by atoms with Gasteiger partial charge in [0.15, 0.2) is 0 Å². The van der Waals surface area contributed by atoms with E-state index >= 15 is 0 Å². The van der Waals surface area contributed by atoms with E-state index in [-0.39, 0.29) is 0 Å². The molecule has 20 heavy (non-hydrogen) atoms. The van der Waals surface area contributed by atoms with Crippen molar-refractivity contribution in [2.75, 3.05) is 30.4 Å². The third-order valence-corrected chi connectivity index (χ3v) is 4.01. The van der Waals surface area contributed by atoms with Crippen LogP contribution in [0.4, 0.5) is 11.6 Å². The second-order valence-corrected chi connectivity index (χ2v) is 5.70. The van der Waals surface area contributed by atoms with Crippen LogP contribution in [0.25, 0.3) is 0 Å². The van der Waals surface area contributed by atoms with Gasteiger partial charge in [0.05, 0.1) is 0 Å². The lowest BCUT2D eigenvalue weighted by molar-refractivity contribution is 0.289. The molecule has 0 saturated heterocycles. The van der Waals surface area contributed by atoms with Crippen LogP contribution in [0, 0.1) is 0 Å². The number of anilines is 2. The van der Waals surface area contributed by atoms with Crippen LogP contribution in [0.2, 0.25) is 0 Å². The number of nitrogens with one attached hydrogen (secondary N) is 2. The van der Waals surface area contributed by atoms with Gasteiger partial charge in [-0.25, -0.2) is 15.8 Å². The summed E-state index contributed by atoms with van der Waals surface area (Å²) in [6.07, 6.45) is 5.10. The number of nitrogens with two attached hydrogens (primary N) is 1. The van der Waals surface area contributed by atoms with Crippen LogP contribution in [0.15, 0.2) is 6.07 Å². The first-order valence-corrected chi connectivity index (χ1v) is 7.63. The summed E-state index contributed by atoms with van der Waals surface area (Å²) >= 11 is 0. The third kappa shape index (κ3) is 3.37. The zero-order valence-electron chi connectivity index (χ0n) is 12.1. The van der Waals surface area contributed by atoms with Crippen molar-refractivity contribution in [3.8, 4) is 0 Å². The van der Waals surface area contributed by atoms with E-state index in [2.05, 4.69) is 32.5 Å². The second-order valence-electron chi connectivity index (χ2n) is 5.70. The predicted octanol–water partition coefficient (Wildman–Crippen LogP) is 1.54. The SMILES string of the molecule is CCN(CCNc1cc(NN)nc(C2CC2)n1)C1CC1. The molecule has 1 aromatic heterocycles. The highest BCUT2D eigenvalue weighted by Gasteiger charge is 2.28. The van der Waals surface area contributed by atoms with Gasteiger partial charge in [-0.1, -0.05) is 6.92 Å². The van der Waals surface area contributed by atoms with Crippen LogP contribution in [0.3, 0.4) is 0 Å². The number of hydrazine groups is 1. The Kier molecular flexibility index (Phi) is 4.03. The minimum atomic E-state index is 0.530. The van der Waals surface area contributed by atoms with E-state index in [0.29, 0.717) is 11.7 Å². The second kappa shape index (κ2) is 5.93. The molecule has 1 aromatic rings. The van der Waals surface area contributed by atoms with Gasteiger partial charge in [-0.3, -0.25) is 4.90 Å². The smallest absolute Gasteiger partial charge is 0.145 e. The first-order valence-electron chi connectivity index (χ1n) is 7.63. The Morgan fingerprint density at radius 3 is 2.60 bits per heavy atom. The molecule has 0 radical (unpaired) electrons. The number of hydrogen-bond acceptors (Lipinski definition) is 6. The highest BCUT2D eigenvalue weighted by Crippen LogP contribution is 2.38. The molecule has 2 aliphatic rings. The van der Waals surface area contributed by atoms with Crippen LogP contribution in [-0.4, -0.2) is 40.5 Å². The molecule has 110 valence electrons. The van der Waals surface area contributed by atoms with Gasteiger partial charge in [0.1, 0.15) is 17.5 Å². The molecule has 0 aromatic carbocycles. The number of hydrogen-bond donors (Lipinski definition) is 3. The number of rotatable bonds is 8. The molecule has 0 unspecified atom stereocenters. The summed E-state index contributed by atoms with van der Waals surface area (Å²) in [5, 5.41) is 3.40. The van der Waals surface area contributed by atoms with Gasteiger partial charge in [-0.05, 0) is 32.2 Å². The first kappa shape index (κ1) is 13.6. The topological polar surface area (TPSA) is 79.1 Å². The normalized spacial score (nSPS) is 18.4. The van der Waals surface area contributed by atoms with Crippen molar-refractivity contribution in [1.29, 1.82) is 0 Å². The predicted molar refractivity (Wildman–Crippen MR) is 80.6 cm³/mol. The van der Waals surface area contributed by atoms with Crippen molar-refractivity contribution in [2.24, 2.45) is 5.84 Å². The highest BCUT2D eigenvalue weighted by molar-refractivity contribution is 5.47. The van der Waals surface area contributed by atoms with Gasteiger partial charge in [0.25, 0.3) is 0 Å². The largest absolute Gasteiger partial charge is 0.369 e. The van der Waals surface area contributed by atoms with E-state index in [4.69, 9.17) is 5.84 Å². The Balaban J connectivity index is 1.57. The molecular weight excluding hydrogens is 252 g/mol. The van der Waals surface area contributed by atoms with Gasteiger partial charge >= 0.3 is 0 Å². The Labute approximate surface area is 120 Å². The molecule has 1 heterocycles. The fourth-order valence-corrected chi connectivity index (χ4v) is 2.52. The van der Waals surface area contributed by atoms with E-state index in [1.807, 2.05) is 6.07 Å². The molecule has 6 heteroatoms. The number of likely N-dealkylation sites (N-methyl/N-ethyl adjacent to an activating group) is 1. The van der Waals surface area contributed by atoms with Crippen LogP contribution < -0.4 is 16.6 Å². The molecule has 3 rings (SSSR count). The van der Waals surface area contributed by atoms with E-state index in [9.17, 15) is 0 Å². The molecule has 0 aliphatic heterocycles. The van der Waals surface area contributed by atoms with E-state index in [1.54, 1.807) is 0 Å². The maximum absolute atomic E-state index is 5.48. The van der Waals surface area contributed by atoms with E-state index < -0.39 is 0 Å². The molecule has 2 saturated carbocycles. The van der Waals surface area contributed by atoms with Crippen molar-refractivity contribution < 1.29 is 0 Å². The summed E-state index contributed by atoms with van der Waals surface area (Å²) in [6, 6.07) is 2.69. The van der Waals surface area contributed by atoms with Crippen molar-refractivity contribution in [2.45, 2.75) is 44.6 Å². The van der Waals surface area contributed by atoms with Crippen LogP contribution in [0.5, 0.6) is 0 Å². The maximum Gasteiger partial charge on any atom is 0.145 e. The first-order chi connectivity index (χ1) is 9.80. The van der Waals surface area contributed by atoms with E-state index in [0.717, 1.165) is 37.3 Å². The Bertz CT molecular complexity index is 455. The highest BCUT2D eigenvalue weighted by atomic mass is 15.3. The zero-order chi connectivity index (χ0) is 13.9. The average molecular weight is 276 g/mol. The standard InChI is InChI=1S/C14H24N6/c1-2-20(11-5-6-11)8-7-16-12-9-13(19-15)18-14(17-12)10-3-4-10/h9-11H,2-8,15H2,1H3,(H2,16,17,18,19). The van der Waals surface area contributed by atoms with E-state index in [1.165, 1.54) is 25.7 Å². The van der Waals surface area contributed by atoms with Crippen molar-refractivity contribution >= 4 is 11.6 Å². The summed E-state index contributed by atoms with van der Waals surface area (Å²) in [5.74, 6) is 8.49. The molecule has 0 amide bonds. The van der Waals surface area contributed by atoms with Gasteiger partial charge in [0.2, 0.25) is 0 Å². The van der Waals surface area contributed by atoms with Gasteiger partial charge in [-0.2, -0.15) is 0 Å². The molecule has 0 atom stereocenters. The Hall–Kier alpha value is -1.40. The molecular formula is C14H24N6. The quantitative estimate of drug-likeness (QED) is 0.494. The third-order valence-electron chi connectivity index (χ3n) is 4.01. The number of aromatic nitrogens is 2. The lowest BCUT2D eigenvalue weighted by atomic mass is 10.3. The summed E-state index contributed by atoms with van der Waals surface area (Å²) in [5.41, 5.74) is 2.63. The van der Waals surface area contributed by atoms with Gasteiger partial charge < -0.3 is 10.7 Å². The molecule has 2 aliphatic carbocycles. The van der Waals surface area contributed by atoms with Crippen molar-refractivity contribution in [3.63, 3.8) is 0 Å². The summed E-state index contributed by atoms with van der Waals surface area (Å²) in [4.78, 5) is 11.5. The molecule has 4 N–H and O–H groups in total. The summed E-state index contributed by atoms with van der Waals surface area (Å²) in [6.45, 7) is 5.33. The minimum Gasteiger partial charge on any atom is -0.369 e. The molecule has 0 bridgehead atoms. The zero-order valence-corrected chi connectivity index (χ0v) is 12.1. The fourth-order valence-electron chi connectivity index (χ4n) is 2.52. The monoisotopic (exact) mass is 276 g/mol. The van der Waals surface area contributed by atoms with Gasteiger partial charge in [-0.15, -0.1) is 0 Å². The van der Waals surface area contributed by atoms with Gasteiger partial charge in [0, 0.05) is 31.1 Å².